The Bertz CT molecular complexity index is 2260. The summed E-state index contributed by atoms with van der Waals surface area (Å²) in [6.07, 6.45) is -8.86. The summed E-state index contributed by atoms with van der Waals surface area (Å²) in [6.45, 7) is 6.42. The summed E-state index contributed by atoms with van der Waals surface area (Å²) in [5.74, 6) is -3.07. The van der Waals surface area contributed by atoms with Gasteiger partial charge in [0.05, 0.1) is 201 Å². The van der Waals surface area contributed by atoms with Crippen LogP contribution in [0.1, 0.15) is 78.6 Å². The Morgan fingerprint density at radius 3 is 0.945 bits per heavy atom. The molecule has 0 aromatic heterocycles. The SMILES string of the molecule is CC(=O)N[C@@H]1[C@@H](O)[C@@H](O)[C@@H](CO)O[C@@H]1CCCOCCOCCNC(=O)CCOCC(COCCC(=O)NCCOCCOCCC[C@H]1O[C@H](CO)[C@H](O)[C@H](O)[C@H]1NC(C)=O)(COCCC(=O)NCCOCCOCCC[C@H]1O[C@H](CO)[C@H](O)[C@H](O)[C@H]1NC(C)=O)NC(=O)C=COCCOCCOCCOCCN. The van der Waals surface area contributed by atoms with Crippen molar-refractivity contribution in [3.63, 3.8) is 0 Å². The van der Waals surface area contributed by atoms with Gasteiger partial charge in [-0.25, -0.2) is 0 Å². The maximum atomic E-state index is 13.7. The summed E-state index contributed by atoms with van der Waals surface area (Å²) in [5, 5.41) is 110. The van der Waals surface area contributed by atoms with Crippen LogP contribution < -0.4 is 43.0 Å². The van der Waals surface area contributed by atoms with E-state index in [1.807, 2.05) is 0 Å². The molecule has 0 unspecified atom stereocenters. The number of nitrogens with two attached hydrogens (primary N) is 1. The van der Waals surface area contributed by atoms with E-state index in [-0.39, 0.29) is 195 Å². The molecule has 40 heteroatoms. The molecular formula is C69H126N8O32. The minimum absolute atomic E-state index is 0.0848. The third-order valence-corrected chi connectivity index (χ3v) is 17.0. The van der Waals surface area contributed by atoms with Gasteiger partial charge in [0.25, 0.3) is 0 Å². The van der Waals surface area contributed by atoms with E-state index in [0.717, 1.165) is 6.08 Å². The fraction of sp³-hybridized carbons (Fsp3) is 0.870. The van der Waals surface area contributed by atoms with Gasteiger partial charge in [-0.05, 0) is 38.5 Å². The van der Waals surface area contributed by atoms with E-state index in [0.29, 0.717) is 71.5 Å². The van der Waals surface area contributed by atoms with Crippen LogP contribution in [0.3, 0.4) is 0 Å². The minimum atomic E-state index is -1.50. The van der Waals surface area contributed by atoms with Crippen molar-refractivity contribution in [2.45, 2.75) is 175 Å². The van der Waals surface area contributed by atoms with Gasteiger partial charge in [-0.15, -0.1) is 0 Å². The van der Waals surface area contributed by atoms with Crippen LogP contribution in [-0.2, 0) is 109 Å². The average Bonchev–Trinajstić information content (AvgIpc) is 0.820. The van der Waals surface area contributed by atoms with Crippen molar-refractivity contribution in [2.75, 3.05) is 211 Å². The Balaban J connectivity index is 1.54. The zero-order valence-electron chi connectivity index (χ0n) is 63.3. The lowest BCUT2D eigenvalue weighted by molar-refractivity contribution is -0.197. The van der Waals surface area contributed by atoms with E-state index >= 15 is 0 Å². The predicted molar refractivity (Wildman–Crippen MR) is 382 cm³/mol. The van der Waals surface area contributed by atoms with Crippen molar-refractivity contribution in [2.24, 2.45) is 5.73 Å². The normalized spacial score (nSPS) is 24.3. The molecule has 109 heavy (non-hydrogen) atoms. The molecule has 0 radical (unpaired) electrons. The number of ether oxygens (including phenoxy) is 16. The van der Waals surface area contributed by atoms with Crippen LogP contribution >= 0.6 is 0 Å². The summed E-state index contributed by atoms with van der Waals surface area (Å²) >= 11 is 0. The number of carbonyl (C=O) groups is 7. The molecule has 3 aliphatic heterocycles. The molecule has 0 aromatic carbocycles. The van der Waals surface area contributed by atoms with Gasteiger partial charge >= 0.3 is 0 Å². The van der Waals surface area contributed by atoms with Crippen molar-refractivity contribution in [3.05, 3.63) is 12.3 Å². The van der Waals surface area contributed by atoms with Gasteiger partial charge in [0.15, 0.2) is 0 Å². The molecule has 40 nitrogen and oxygen atoms in total. The molecule has 3 rings (SSSR count). The van der Waals surface area contributed by atoms with Crippen LogP contribution in [-0.4, -0.2) is 395 Å². The summed E-state index contributed by atoms with van der Waals surface area (Å²) in [6, 6.07) is -2.64. The zero-order chi connectivity index (χ0) is 79.9. The van der Waals surface area contributed by atoms with Gasteiger partial charge in [-0.1, -0.05) is 0 Å². The Kier molecular flexibility index (Phi) is 54.3. The first-order valence-electron chi connectivity index (χ1n) is 37.3. The minimum Gasteiger partial charge on any atom is -0.499 e. The van der Waals surface area contributed by atoms with Crippen molar-refractivity contribution in [1.82, 2.24) is 37.2 Å². The number of rotatable bonds is 65. The molecular weight excluding hydrogens is 1450 g/mol. The average molecular weight is 1580 g/mol. The van der Waals surface area contributed by atoms with Gasteiger partial charge in [-0.2, -0.15) is 0 Å². The second kappa shape index (κ2) is 60.4. The van der Waals surface area contributed by atoms with E-state index in [2.05, 4.69) is 37.2 Å². The Labute approximate surface area is 636 Å². The van der Waals surface area contributed by atoms with Gasteiger partial charge < -0.3 is 165 Å². The second-order valence-electron chi connectivity index (χ2n) is 25.9. The van der Waals surface area contributed by atoms with E-state index < -0.39 is 140 Å². The maximum absolute atomic E-state index is 13.7. The fourth-order valence-electron chi connectivity index (χ4n) is 11.5. The number of aliphatic hydroxyl groups is 9. The molecule has 3 saturated heterocycles. The molecule has 0 saturated carbocycles. The largest absolute Gasteiger partial charge is 0.499 e. The van der Waals surface area contributed by atoms with Crippen LogP contribution in [0.25, 0.3) is 0 Å². The lowest BCUT2D eigenvalue weighted by Gasteiger charge is -2.42. The van der Waals surface area contributed by atoms with Crippen LogP contribution in [0.15, 0.2) is 12.3 Å². The molecule has 7 amide bonds. The summed E-state index contributed by atoms with van der Waals surface area (Å²) in [4.78, 5) is 88.0. The molecule has 3 aliphatic rings. The van der Waals surface area contributed by atoms with Crippen LogP contribution in [0, 0.1) is 0 Å². The first-order chi connectivity index (χ1) is 52.6. The highest BCUT2D eigenvalue weighted by atomic mass is 16.6. The van der Waals surface area contributed by atoms with Gasteiger partial charge in [0, 0.05) is 92.1 Å². The lowest BCUT2D eigenvalue weighted by Crippen LogP contribution is -2.63. The Morgan fingerprint density at radius 1 is 0.367 bits per heavy atom. The molecule has 18 N–H and O–H groups in total. The summed E-state index contributed by atoms with van der Waals surface area (Å²) < 4.78 is 90.9. The van der Waals surface area contributed by atoms with E-state index in [1.165, 1.54) is 27.0 Å². The number of carbonyl (C=O) groups excluding carboxylic acids is 7. The molecule has 0 aromatic rings. The van der Waals surface area contributed by atoms with Crippen molar-refractivity contribution >= 4 is 41.4 Å². The zero-order valence-corrected chi connectivity index (χ0v) is 63.3. The molecule has 3 fully saturated rings. The summed E-state index contributed by atoms with van der Waals surface area (Å²) in [7, 11) is 0. The van der Waals surface area contributed by atoms with Crippen LogP contribution in [0.4, 0.5) is 0 Å². The van der Waals surface area contributed by atoms with Gasteiger partial charge in [0.1, 0.15) is 67.1 Å². The highest BCUT2D eigenvalue weighted by molar-refractivity contribution is 5.88. The Hall–Kier alpha value is -5.17. The first kappa shape index (κ1) is 98.0. The van der Waals surface area contributed by atoms with E-state index in [4.69, 9.17) is 81.5 Å². The molecule has 0 spiro atoms. The molecule has 3 heterocycles. The van der Waals surface area contributed by atoms with Crippen molar-refractivity contribution in [3.8, 4) is 0 Å². The highest BCUT2D eigenvalue weighted by Gasteiger charge is 2.47. The molecule has 0 bridgehead atoms. The quantitative estimate of drug-likeness (QED) is 0.0153. The smallest absolute Gasteiger partial charge is 0.247 e. The third kappa shape index (κ3) is 43.1. The predicted octanol–water partition coefficient (Wildman–Crippen LogP) is -7.65. The number of amides is 7. The van der Waals surface area contributed by atoms with Crippen LogP contribution in [0.5, 0.6) is 0 Å². The van der Waals surface area contributed by atoms with Gasteiger partial charge in [0.2, 0.25) is 41.4 Å². The second-order valence-corrected chi connectivity index (χ2v) is 25.9. The highest BCUT2D eigenvalue weighted by Crippen LogP contribution is 2.27. The van der Waals surface area contributed by atoms with E-state index in [1.54, 1.807) is 0 Å². The molecule has 0 aliphatic carbocycles. The molecule has 15 atom stereocenters. The third-order valence-electron chi connectivity index (χ3n) is 17.0. The number of aliphatic hydroxyl groups excluding tert-OH is 9. The summed E-state index contributed by atoms with van der Waals surface area (Å²) in [5.41, 5.74) is 3.92. The Morgan fingerprint density at radius 2 is 0.651 bits per heavy atom. The fourth-order valence-corrected chi connectivity index (χ4v) is 11.5. The number of hydrogen-bond acceptors (Lipinski definition) is 33. The maximum Gasteiger partial charge on any atom is 0.247 e. The van der Waals surface area contributed by atoms with Crippen molar-refractivity contribution < 1.29 is 155 Å². The molecule has 634 valence electrons. The topological polar surface area (TPSA) is 559 Å². The number of nitrogens with one attached hydrogen (secondary N) is 7. The van der Waals surface area contributed by atoms with E-state index in [9.17, 15) is 79.5 Å². The van der Waals surface area contributed by atoms with Crippen molar-refractivity contribution in [1.29, 1.82) is 0 Å². The van der Waals surface area contributed by atoms with Gasteiger partial charge in [-0.3, -0.25) is 33.6 Å². The standard InChI is InChI=1S/C69H126N8O32/c1-47(81)74-60-50(107-53(41-78)63(88)66(60)91)7-4-18-94-29-34-99-26-15-71-56(84)10-22-104-44-69(77-59(87)13-21-97-32-37-102-39-40-103-38-33-98-25-14-70,45-105-23-11-57(85)72-16-27-100-35-30-95-19-5-8-51-61(75-48(2)82)67(92)64(89)54(42-79)108-51)46-106-24-12-58(86)73-17-28-101-36-31-96-20-6-9-52-62(76-49(3)83)68(93)65(90)55(43-80)109-52/h13,21,50-55,60-68,78-80,88-93H,4-12,14-20,22-46,70H2,1-3H3,(H,71,84)(H,72,85)(H,73,86)(H,74,81)(H,75,82)(H,76,83)(H,77,87)/t50-,51-,52-,53-,54-,55-,60+,61+,62+,63+,64+,65+,66-,67-,68-/m1/s1. The number of hydrogen-bond donors (Lipinski definition) is 17. The lowest BCUT2D eigenvalue weighted by atomic mass is 9.90. The van der Waals surface area contributed by atoms with Crippen LogP contribution in [0.2, 0.25) is 0 Å². The monoisotopic (exact) mass is 1580 g/mol. The first-order valence-corrected chi connectivity index (χ1v) is 37.3.